The number of amides is 4. The summed E-state index contributed by atoms with van der Waals surface area (Å²) < 4.78 is 13.8. The average molecular weight is 654 g/mol. The van der Waals surface area contributed by atoms with Crippen LogP contribution in [-0.2, 0) is 19.2 Å². The highest BCUT2D eigenvalue weighted by Gasteiger charge is 2.76. The molecule has 3 aromatic rings. The fourth-order valence-electron chi connectivity index (χ4n) is 7.45. The topological polar surface area (TPSA) is 95.0 Å². The number of benzene rings is 3. The minimum absolute atomic E-state index is 0.0799. The number of fused-ring (bicyclic) bond motifs is 4. The van der Waals surface area contributed by atoms with Crippen molar-refractivity contribution in [3.63, 3.8) is 0 Å². The van der Waals surface area contributed by atoms with Gasteiger partial charge in [0.15, 0.2) is 9.75 Å². The zero-order valence-electron chi connectivity index (χ0n) is 23.1. The van der Waals surface area contributed by atoms with Crippen molar-refractivity contribution in [2.24, 2.45) is 17.8 Å². The number of imide groups is 2. The van der Waals surface area contributed by atoms with E-state index in [2.05, 4.69) is 0 Å². The Morgan fingerprint density at radius 2 is 1.55 bits per heavy atom. The zero-order chi connectivity index (χ0) is 31.3. The quantitative estimate of drug-likeness (QED) is 0.205. The first kappa shape index (κ1) is 29.0. The summed E-state index contributed by atoms with van der Waals surface area (Å²) in [5, 5.41) is 11.4. The van der Waals surface area contributed by atoms with Gasteiger partial charge in [0.2, 0.25) is 11.8 Å². The van der Waals surface area contributed by atoms with Crippen LogP contribution in [-0.4, -0.2) is 38.5 Å². The van der Waals surface area contributed by atoms with Crippen molar-refractivity contribution in [1.82, 2.24) is 0 Å². The third-order valence-electron chi connectivity index (χ3n) is 9.56. The first-order valence-corrected chi connectivity index (χ1v) is 15.2. The Hall–Kier alpha value is -3.72. The van der Waals surface area contributed by atoms with E-state index >= 15 is 0 Å². The molecule has 11 heteroatoms. The molecule has 7 nitrogen and oxygen atoms in total. The van der Waals surface area contributed by atoms with Crippen molar-refractivity contribution in [2.75, 3.05) is 9.80 Å². The molecule has 6 unspecified atom stereocenters. The molecule has 3 aromatic carbocycles. The maximum absolute atomic E-state index is 14.3. The number of para-hydroxylation sites is 1. The number of phenols is 1. The van der Waals surface area contributed by atoms with Gasteiger partial charge in [-0.3, -0.25) is 19.2 Å². The largest absolute Gasteiger partial charge is 0.508 e. The normalized spacial score (nSPS) is 31.2. The molecule has 6 atom stereocenters. The van der Waals surface area contributed by atoms with Crippen LogP contribution in [0.3, 0.4) is 0 Å². The zero-order valence-corrected chi connectivity index (χ0v) is 25.4. The first-order valence-electron chi connectivity index (χ1n) is 14.0. The summed E-state index contributed by atoms with van der Waals surface area (Å²) in [5.74, 6) is -6.82. The van der Waals surface area contributed by atoms with Crippen molar-refractivity contribution < 1.29 is 28.7 Å². The van der Waals surface area contributed by atoms with E-state index in [4.69, 9.17) is 34.8 Å². The standard InChI is InChI=1S/C33H24Cl3FN2O5/c1-16-6-9-19(14-24(16)34)38-28(41)22-13-12-20-23(26(22)29(38)42)15-32(35)30(43)39(18-10-7-17(37)8-11-18)31(44)33(32,36)27(20)21-4-2-3-5-25(21)40/h2-12,14,22-23,26-27,40H,13,15H2,1H3. The predicted molar refractivity (Wildman–Crippen MR) is 163 cm³/mol. The van der Waals surface area contributed by atoms with Crippen LogP contribution in [0.5, 0.6) is 5.75 Å². The minimum atomic E-state index is -2.12. The lowest BCUT2D eigenvalue weighted by Gasteiger charge is -2.50. The highest BCUT2D eigenvalue weighted by Crippen LogP contribution is 2.66. The molecule has 2 aliphatic carbocycles. The Bertz CT molecular complexity index is 1830. The smallest absolute Gasteiger partial charge is 0.258 e. The second kappa shape index (κ2) is 9.89. The number of hydrogen-bond donors (Lipinski definition) is 1. The average Bonchev–Trinajstić information content (AvgIpc) is 3.33. The number of phenolic OH excluding ortho intramolecular Hbond substituents is 1. The Morgan fingerprint density at radius 3 is 2.23 bits per heavy atom. The van der Waals surface area contributed by atoms with Gasteiger partial charge in [0.05, 0.1) is 23.2 Å². The molecule has 4 amide bonds. The van der Waals surface area contributed by atoms with Gasteiger partial charge >= 0.3 is 0 Å². The van der Waals surface area contributed by atoms with Gasteiger partial charge < -0.3 is 5.11 Å². The van der Waals surface area contributed by atoms with Crippen molar-refractivity contribution in [2.45, 2.75) is 35.4 Å². The predicted octanol–water partition coefficient (Wildman–Crippen LogP) is 6.26. The monoisotopic (exact) mass is 652 g/mol. The van der Waals surface area contributed by atoms with Crippen LogP contribution in [0.2, 0.25) is 5.02 Å². The van der Waals surface area contributed by atoms with Crippen molar-refractivity contribution >= 4 is 69.8 Å². The molecule has 2 heterocycles. The van der Waals surface area contributed by atoms with Gasteiger partial charge in [-0.25, -0.2) is 14.2 Å². The fraction of sp³-hybridized carbons (Fsp3) is 0.273. The van der Waals surface area contributed by atoms with E-state index in [9.17, 15) is 28.7 Å². The Balaban J connectivity index is 1.39. The van der Waals surface area contributed by atoms with Crippen LogP contribution in [0.25, 0.3) is 0 Å². The van der Waals surface area contributed by atoms with Gasteiger partial charge in [-0.1, -0.05) is 47.5 Å². The molecule has 3 fully saturated rings. The van der Waals surface area contributed by atoms with Crippen LogP contribution in [0.1, 0.15) is 29.9 Å². The lowest BCUT2D eigenvalue weighted by Crippen LogP contribution is -2.60. The molecule has 2 saturated heterocycles. The molecule has 2 aliphatic heterocycles. The number of alkyl halides is 2. The third kappa shape index (κ3) is 3.74. The highest BCUT2D eigenvalue weighted by atomic mass is 35.5. The molecular formula is C33H24Cl3FN2O5. The van der Waals surface area contributed by atoms with Crippen molar-refractivity contribution in [3.8, 4) is 5.75 Å². The number of nitrogens with zero attached hydrogens (tertiary/aromatic N) is 2. The van der Waals surface area contributed by atoms with E-state index in [-0.39, 0.29) is 29.8 Å². The highest BCUT2D eigenvalue weighted by molar-refractivity contribution is 6.58. The van der Waals surface area contributed by atoms with Gasteiger partial charge in [0.25, 0.3) is 11.8 Å². The summed E-state index contributed by atoms with van der Waals surface area (Å²) in [6, 6.07) is 16.0. The van der Waals surface area contributed by atoms with Crippen molar-refractivity contribution in [3.05, 3.63) is 100 Å². The molecule has 1 saturated carbocycles. The molecule has 0 spiro atoms. The maximum atomic E-state index is 14.3. The number of anilines is 2. The van der Waals surface area contributed by atoms with E-state index in [1.807, 2.05) is 6.92 Å². The molecule has 44 heavy (non-hydrogen) atoms. The second-order valence-electron chi connectivity index (χ2n) is 11.8. The molecule has 0 aromatic heterocycles. The summed E-state index contributed by atoms with van der Waals surface area (Å²) in [7, 11) is 0. The summed E-state index contributed by atoms with van der Waals surface area (Å²) >= 11 is 20.9. The summed E-state index contributed by atoms with van der Waals surface area (Å²) in [4.78, 5) is 54.2. The number of allylic oxidation sites excluding steroid dienone is 2. The lowest BCUT2D eigenvalue weighted by molar-refractivity contribution is -0.125. The maximum Gasteiger partial charge on any atom is 0.258 e. The van der Waals surface area contributed by atoms with E-state index in [1.165, 1.54) is 18.2 Å². The molecule has 7 rings (SSSR count). The van der Waals surface area contributed by atoms with Gasteiger partial charge in [-0.15, -0.1) is 23.2 Å². The number of hydrogen-bond acceptors (Lipinski definition) is 5. The third-order valence-corrected chi connectivity index (χ3v) is 11.4. The minimum Gasteiger partial charge on any atom is -0.508 e. The molecule has 0 radical (unpaired) electrons. The van der Waals surface area contributed by atoms with Gasteiger partial charge in [-0.2, -0.15) is 0 Å². The van der Waals surface area contributed by atoms with Gasteiger partial charge in [0, 0.05) is 16.5 Å². The summed E-state index contributed by atoms with van der Waals surface area (Å²) in [6.45, 7) is 1.81. The summed E-state index contributed by atoms with van der Waals surface area (Å²) in [5.41, 5.74) is 2.00. The Morgan fingerprint density at radius 1 is 0.864 bits per heavy atom. The molecule has 4 aliphatic rings. The number of carbonyl (C=O) groups is 4. The number of aryl methyl sites for hydroxylation is 1. The van der Waals surface area contributed by atoms with Crippen LogP contribution in [0.15, 0.2) is 78.4 Å². The van der Waals surface area contributed by atoms with E-state index < -0.39 is 62.9 Å². The van der Waals surface area contributed by atoms with Gasteiger partial charge in [0.1, 0.15) is 11.6 Å². The van der Waals surface area contributed by atoms with Crippen LogP contribution >= 0.6 is 34.8 Å². The van der Waals surface area contributed by atoms with Crippen molar-refractivity contribution in [1.29, 1.82) is 0 Å². The molecule has 224 valence electrons. The van der Waals surface area contributed by atoms with Crippen LogP contribution in [0, 0.1) is 30.5 Å². The fourth-order valence-corrected chi connectivity index (χ4v) is 8.55. The second-order valence-corrected chi connectivity index (χ2v) is 13.4. The van der Waals surface area contributed by atoms with E-state index in [0.717, 1.165) is 27.5 Å². The van der Waals surface area contributed by atoms with E-state index in [0.29, 0.717) is 16.3 Å². The number of rotatable bonds is 3. The van der Waals surface area contributed by atoms with E-state index in [1.54, 1.807) is 42.5 Å². The number of aromatic hydroxyl groups is 1. The van der Waals surface area contributed by atoms with Crippen LogP contribution in [0.4, 0.5) is 15.8 Å². The first-order chi connectivity index (χ1) is 20.9. The number of carbonyl (C=O) groups excluding carboxylic acids is 4. The molecular weight excluding hydrogens is 630 g/mol. The number of halogens is 4. The molecule has 1 N–H and O–H groups in total. The van der Waals surface area contributed by atoms with Gasteiger partial charge in [-0.05, 0) is 73.7 Å². The SMILES string of the molecule is Cc1ccc(N2C(=O)C3CC=C4C(CC5(Cl)C(=O)N(c6ccc(F)cc6)C(=O)C5(Cl)C4c4ccccc4O)C3C2=O)cc1Cl. The lowest BCUT2D eigenvalue weighted by atomic mass is 9.56. The Kier molecular flexibility index (Phi) is 6.52. The molecule has 0 bridgehead atoms. The summed E-state index contributed by atoms with van der Waals surface area (Å²) in [6.07, 6.45) is 1.74. The van der Waals surface area contributed by atoms with Crippen LogP contribution < -0.4 is 9.80 Å². The Labute approximate surface area is 266 Å².